The van der Waals surface area contributed by atoms with Gasteiger partial charge in [0, 0.05) is 6.42 Å². The zero-order valence-corrected chi connectivity index (χ0v) is 11.8. The largest absolute Gasteiger partial charge is 0.370 e. The fourth-order valence-corrected chi connectivity index (χ4v) is 3.52. The second-order valence-corrected chi connectivity index (χ2v) is 5.98. The zero-order chi connectivity index (χ0) is 14.0. The van der Waals surface area contributed by atoms with Gasteiger partial charge in [-0.2, -0.15) is 0 Å². The number of nitrogens with two attached hydrogens (primary N) is 1. The number of hydrogen-bond donors (Lipinski definition) is 1. The number of rotatable bonds is 3. The van der Waals surface area contributed by atoms with Crippen molar-refractivity contribution in [1.82, 2.24) is 0 Å². The second kappa shape index (κ2) is 5.66. The van der Waals surface area contributed by atoms with E-state index in [-0.39, 0.29) is 11.4 Å². The molecule has 0 unspecified atom stereocenters. The summed E-state index contributed by atoms with van der Waals surface area (Å²) in [4.78, 5) is 0. The van der Waals surface area contributed by atoms with Crippen molar-refractivity contribution in [3.63, 3.8) is 0 Å². The molecule has 1 fully saturated rings. The molecule has 20 heavy (non-hydrogen) atoms. The van der Waals surface area contributed by atoms with Crippen molar-refractivity contribution in [1.29, 1.82) is 0 Å². The molecule has 0 atom stereocenters. The third kappa shape index (κ3) is 2.65. The summed E-state index contributed by atoms with van der Waals surface area (Å²) in [5.41, 5.74) is 9.50. The van der Waals surface area contributed by atoms with Gasteiger partial charge in [-0.15, -0.1) is 0 Å². The highest BCUT2D eigenvalue weighted by Gasteiger charge is 2.39. The van der Waals surface area contributed by atoms with E-state index in [0.29, 0.717) is 13.2 Å². The summed E-state index contributed by atoms with van der Waals surface area (Å²) >= 11 is 0. The normalized spacial score (nSPS) is 21.7. The Labute approximate surface area is 119 Å². The summed E-state index contributed by atoms with van der Waals surface area (Å²) in [5, 5.41) is 0. The molecule has 0 bridgehead atoms. The van der Waals surface area contributed by atoms with Gasteiger partial charge in [-0.05, 0) is 54.6 Å². The van der Waals surface area contributed by atoms with Crippen molar-refractivity contribution in [3.8, 4) is 0 Å². The van der Waals surface area contributed by atoms with E-state index >= 15 is 0 Å². The van der Waals surface area contributed by atoms with E-state index in [9.17, 15) is 4.39 Å². The van der Waals surface area contributed by atoms with Crippen molar-refractivity contribution in [3.05, 3.63) is 41.2 Å². The first-order chi connectivity index (χ1) is 9.72. The first-order valence-electron chi connectivity index (χ1n) is 7.53. The van der Waals surface area contributed by atoms with Gasteiger partial charge >= 0.3 is 0 Å². The molecule has 2 aliphatic rings. The van der Waals surface area contributed by atoms with Crippen molar-refractivity contribution in [2.45, 2.75) is 44.1 Å². The summed E-state index contributed by atoms with van der Waals surface area (Å²) in [6.45, 7) is 1.32. The smallest absolute Gasteiger partial charge is 0.123 e. The van der Waals surface area contributed by atoms with E-state index in [1.807, 2.05) is 12.1 Å². The molecule has 3 heteroatoms. The Morgan fingerprint density at radius 1 is 1.15 bits per heavy atom. The van der Waals surface area contributed by atoms with Gasteiger partial charge in [-0.3, -0.25) is 0 Å². The van der Waals surface area contributed by atoms with Gasteiger partial charge in [0.2, 0.25) is 0 Å². The Bertz CT molecular complexity index is 500. The summed E-state index contributed by atoms with van der Waals surface area (Å²) < 4.78 is 19.3. The number of ether oxygens (including phenoxy) is 1. The summed E-state index contributed by atoms with van der Waals surface area (Å²) in [6, 6.07) is 6.85. The topological polar surface area (TPSA) is 35.2 Å². The molecular formula is C17H22FNO. The van der Waals surface area contributed by atoms with Crippen LogP contribution >= 0.6 is 0 Å². The summed E-state index contributed by atoms with van der Waals surface area (Å²) in [6.07, 6.45) is 6.61. The van der Waals surface area contributed by atoms with Gasteiger partial charge in [0.15, 0.2) is 0 Å². The molecule has 108 valence electrons. The molecule has 0 radical (unpaired) electrons. The highest BCUT2D eigenvalue weighted by atomic mass is 19.1. The van der Waals surface area contributed by atoms with Crippen LogP contribution in [0.3, 0.4) is 0 Å². The first-order valence-corrected chi connectivity index (χ1v) is 7.53. The molecule has 3 rings (SSSR count). The lowest BCUT2D eigenvalue weighted by Gasteiger charge is -2.37. The molecule has 1 aromatic carbocycles. The highest BCUT2D eigenvalue weighted by Crippen LogP contribution is 2.45. The molecule has 1 aliphatic heterocycles. The van der Waals surface area contributed by atoms with E-state index in [1.54, 1.807) is 12.1 Å². The van der Waals surface area contributed by atoms with Crippen molar-refractivity contribution >= 4 is 5.57 Å². The van der Waals surface area contributed by atoms with Gasteiger partial charge in [-0.25, -0.2) is 4.39 Å². The van der Waals surface area contributed by atoms with Crippen molar-refractivity contribution in [2.75, 3.05) is 13.2 Å². The quantitative estimate of drug-likeness (QED) is 0.913. The van der Waals surface area contributed by atoms with Crippen LogP contribution < -0.4 is 5.73 Å². The fourth-order valence-electron chi connectivity index (χ4n) is 3.52. The molecule has 1 heterocycles. The van der Waals surface area contributed by atoms with Crippen LogP contribution in [0.15, 0.2) is 29.8 Å². The van der Waals surface area contributed by atoms with E-state index in [2.05, 4.69) is 0 Å². The third-order valence-electron chi connectivity index (χ3n) is 4.63. The molecule has 1 saturated carbocycles. The minimum Gasteiger partial charge on any atom is -0.370 e. The predicted molar refractivity (Wildman–Crippen MR) is 78.8 cm³/mol. The molecule has 1 aliphatic carbocycles. The molecular weight excluding hydrogens is 253 g/mol. The zero-order valence-electron chi connectivity index (χ0n) is 11.8. The molecule has 1 spiro atoms. The number of hydrogen-bond acceptors (Lipinski definition) is 2. The van der Waals surface area contributed by atoms with Gasteiger partial charge in [0.25, 0.3) is 0 Å². The molecule has 0 amide bonds. The van der Waals surface area contributed by atoms with Crippen LogP contribution in [0, 0.1) is 5.82 Å². The van der Waals surface area contributed by atoms with Crippen molar-refractivity contribution < 1.29 is 9.13 Å². The van der Waals surface area contributed by atoms with Crippen LogP contribution in [0.5, 0.6) is 0 Å². The molecule has 0 saturated heterocycles. The van der Waals surface area contributed by atoms with Crippen LogP contribution in [0.2, 0.25) is 0 Å². The van der Waals surface area contributed by atoms with E-state index in [0.717, 1.165) is 31.2 Å². The Hall–Kier alpha value is -1.19. The maximum Gasteiger partial charge on any atom is 0.123 e. The Balaban J connectivity index is 1.94. The standard InChI is InChI=1S/C17H22FNO/c18-15-5-3-13(4-6-15)16-11-17(8-1-2-9-17)20-12-14(16)7-10-19/h3-6H,1-2,7-12,19H2. The average molecular weight is 275 g/mol. The lowest BCUT2D eigenvalue weighted by molar-refractivity contribution is -0.0328. The lowest BCUT2D eigenvalue weighted by Crippen LogP contribution is -2.34. The molecule has 1 aromatic rings. The van der Waals surface area contributed by atoms with E-state index < -0.39 is 0 Å². The van der Waals surface area contributed by atoms with Crippen LogP contribution in [-0.2, 0) is 4.74 Å². The lowest BCUT2D eigenvalue weighted by atomic mass is 9.83. The third-order valence-corrected chi connectivity index (χ3v) is 4.63. The fraction of sp³-hybridized carbons (Fsp3) is 0.529. The Kier molecular flexibility index (Phi) is 3.90. The summed E-state index contributed by atoms with van der Waals surface area (Å²) in [7, 11) is 0. The SMILES string of the molecule is NCCC1=C(c2ccc(F)cc2)CC2(CCCC2)OC1. The van der Waals surface area contributed by atoms with Gasteiger partial charge in [0.05, 0.1) is 12.2 Å². The molecule has 0 aromatic heterocycles. The number of benzene rings is 1. The Morgan fingerprint density at radius 3 is 2.50 bits per heavy atom. The Morgan fingerprint density at radius 2 is 1.85 bits per heavy atom. The average Bonchev–Trinajstić information content (AvgIpc) is 2.91. The van der Waals surface area contributed by atoms with Gasteiger partial charge in [-0.1, -0.05) is 25.0 Å². The van der Waals surface area contributed by atoms with Crippen LogP contribution in [0.4, 0.5) is 4.39 Å². The van der Waals surface area contributed by atoms with Crippen LogP contribution in [0.1, 0.15) is 44.1 Å². The predicted octanol–water partition coefficient (Wildman–Crippen LogP) is 3.66. The van der Waals surface area contributed by atoms with Crippen LogP contribution in [0.25, 0.3) is 5.57 Å². The number of halogens is 1. The van der Waals surface area contributed by atoms with E-state index in [4.69, 9.17) is 10.5 Å². The summed E-state index contributed by atoms with van der Waals surface area (Å²) in [5.74, 6) is -0.183. The second-order valence-electron chi connectivity index (χ2n) is 5.98. The van der Waals surface area contributed by atoms with Crippen molar-refractivity contribution in [2.24, 2.45) is 5.73 Å². The molecule has 2 nitrogen and oxygen atoms in total. The maximum atomic E-state index is 13.1. The minimum atomic E-state index is -0.183. The van der Waals surface area contributed by atoms with Gasteiger partial charge in [0.1, 0.15) is 5.82 Å². The monoisotopic (exact) mass is 275 g/mol. The van der Waals surface area contributed by atoms with E-state index in [1.165, 1.54) is 24.0 Å². The minimum absolute atomic E-state index is 0.0296. The van der Waals surface area contributed by atoms with Gasteiger partial charge < -0.3 is 10.5 Å². The molecule has 2 N–H and O–H groups in total. The van der Waals surface area contributed by atoms with Crippen LogP contribution in [-0.4, -0.2) is 18.8 Å². The first kappa shape index (κ1) is 13.8. The highest BCUT2D eigenvalue weighted by molar-refractivity contribution is 5.70. The maximum absolute atomic E-state index is 13.1.